The van der Waals surface area contributed by atoms with E-state index in [1.807, 2.05) is 0 Å². The van der Waals surface area contributed by atoms with Crippen LogP contribution in [-0.2, 0) is 0 Å². The Hall–Kier alpha value is 0.0500. The maximum atomic E-state index is 9.61. The quantitative estimate of drug-likeness (QED) is 0.0408. The summed E-state index contributed by atoms with van der Waals surface area (Å²) in [6.07, 6.45) is 35.0. The van der Waals surface area contributed by atoms with Gasteiger partial charge in [-0.05, 0) is 12.8 Å². The average molecular weight is 639 g/mol. The van der Waals surface area contributed by atoms with Crippen molar-refractivity contribution in [2.24, 2.45) is 11.5 Å². The van der Waals surface area contributed by atoms with E-state index in [9.17, 15) is 10.2 Å². The molecule has 0 saturated carbocycles. The number of aliphatic hydroxyl groups is 4. The molecular weight excluding hydrogens is 560 g/mol. The van der Waals surface area contributed by atoms with E-state index < -0.39 is 24.3 Å². The van der Waals surface area contributed by atoms with Gasteiger partial charge in [-0.15, -0.1) is 12.4 Å². The van der Waals surface area contributed by atoms with Crippen LogP contribution < -0.4 is 11.5 Å². The van der Waals surface area contributed by atoms with Gasteiger partial charge < -0.3 is 31.9 Å². The van der Waals surface area contributed by atoms with E-state index in [1.165, 1.54) is 154 Å². The van der Waals surface area contributed by atoms with Crippen LogP contribution in [0.25, 0.3) is 0 Å². The predicted molar refractivity (Wildman–Crippen MR) is 190 cm³/mol. The molecule has 0 aromatic heterocycles. The Bertz CT molecular complexity index is 448. The lowest BCUT2D eigenvalue weighted by atomic mass is 10.0. The van der Waals surface area contributed by atoms with Crippen LogP contribution in [0.15, 0.2) is 0 Å². The Morgan fingerprint density at radius 3 is 0.744 bits per heavy atom. The van der Waals surface area contributed by atoms with E-state index in [2.05, 4.69) is 13.8 Å². The Labute approximate surface area is 275 Å². The van der Waals surface area contributed by atoms with Crippen molar-refractivity contribution in [3.8, 4) is 0 Å². The molecule has 0 aliphatic rings. The van der Waals surface area contributed by atoms with Gasteiger partial charge in [-0.2, -0.15) is 0 Å². The zero-order valence-electron chi connectivity index (χ0n) is 28.9. The minimum absolute atomic E-state index is 0. The lowest BCUT2D eigenvalue weighted by Crippen LogP contribution is -2.37. The Morgan fingerprint density at radius 1 is 0.372 bits per heavy atom. The third-order valence-corrected chi connectivity index (χ3v) is 8.62. The van der Waals surface area contributed by atoms with Crippen molar-refractivity contribution in [1.29, 1.82) is 0 Å². The number of unbranched alkanes of at least 4 members (excludes halogenated alkanes) is 24. The summed E-state index contributed by atoms with van der Waals surface area (Å²) in [7, 11) is 0. The summed E-state index contributed by atoms with van der Waals surface area (Å²) in [5.41, 5.74) is 11.1. The second kappa shape index (κ2) is 40.1. The highest BCUT2D eigenvalue weighted by Crippen LogP contribution is 2.15. The maximum absolute atomic E-state index is 9.61. The van der Waals surface area contributed by atoms with E-state index >= 15 is 0 Å². The highest BCUT2D eigenvalue weighted by molar-refractivity contribution is 5.85. The first-order valence-electron chi connectivity index (χ1n) is 18.5. The van der Waals surface area contributed by atoms with Gasteiger partial charge >= 0.3 is 0 Å². The molecule has 8 N–H and O–H groups in total. The molecule has 0 aliphatic heterocycles. The van der Waals surface area contributed by atoms with Crippen LogP contribution in [0.4, 0.5) is 0 Å². The first-order valence-corrected chi connectivity index (χ1v) is 18.5. The van der Waals surface area contributed by atoms with E-state index in [0.29, 0.717) is 0 Å². The maximum Gasteiger partial charge on any atom is 0.0713 e. The molecule has 43 heavy (non-hydrogen) atoms. The van der Waals surface area contributed by atoms with Gasteiger partial charge in [0.1, 0.15) is 0 Å². The Balaban J connectivity index is -0.000000727. The molecule has 0 unspecified atom stereocenters. The molecule has 0 heterocycles. The van der Waals surface area contributed by atoms with Gasteiger partial charge in [-0.1, -0.05) is 181 Å². The molecule has 0 saturated heterocycles. The zero-order valence-corrected chi connectivity index (χ0v) is 29.7. The molecule has 0 radical (unpaired) electrons. The summed E-state index contributed by atoms with van der Waals surface area (Å²) >= 11 is 0. The van der Waals surface area contributed by atoms with Gasteiger partial charge in [0.25, 0.3) is 0 Å². The molecule has 0 aromatic carbocycles. The van der Waals surface area contributed by atoms with Crippen molar-refractivity contribution < 1.29 is 20.4 Å². The SMILES string of the molecule is CCCCCCCCCCCCCCC[C@H](O)[C@@H](N)CO.CCCCCCCCCCCCCCC[C@H](O)[C@@H](N)CO.Cl. The first kappa shape index (κ1) is 47.5. The molecule has 0 aromatic rings. The number of nitrogens with two attached hydrogens (primary N) is 2. The molecule has 7 heteroatoms. The fourth-order valence-electron chi connectivity index (χ4n) is 5.41. The number of halogens is 1. The molecule has 0 fully saturated rings. The normalized spacial score (nSPS) is 14.0. The first-order chi connectivity index (χ1) is 20.4. The third-order valence-electron chi connectivity index (χ3n) is 8.62. The number of hydrogen-bond donors (Lipinski definition) is 6. The van der Waals surface area contributed by atoms with Crippen LogP contribution in [0.2, 0.25) is 0 Å². The standard InChI is InChI=1S/2C18H39NO2.ClH/c2*1-2-3-4-5-6-7-8-9-10-11-12-13-14-15-18(21)17(19)16-20;/h2*17-18,20-21H,2-16,19H2,1H3;1H/t2*17-,18-;/m00./s1. The summed E-state index contributed by atoms with van der Waals surface area (Å²) in [5, 5.41) is 36.9. The molecule has 0 spiro atoms. The molecule has 0 amide bonds. The van der Waals surface area contributed by atoms with E-state index in [-0.39, 0.29) is 25.6 Å². The van der Waals surface area contributed by atoms with Crippen molar-refractivity contribution in [2.75, 3.05) is 13.2 Å². The van der Waals surface area contributed by atoms with Gasteiger partial charge in [-0.3, -0.25) is 0 Å². The highest BCUT2D eigenvalue weighted by atomic mass is 35.5. The Morgan fingerprint density at radius 2 is 0.558 bits per heavy atom. The second-order valence-corrected chi connectivity index (χ2v) is 12.9. The van der Waals surface area contributed by atoms with Crippen LogP contribution >= 0.6 is 12.4 Å². The fraction of sp³-hybridized carbons (Fsp3) is 1.00. The largest absolute Gasteiger partial charge is 0.395 e. The second-order valence-electron chi connectivity index (χ2n) is 12.9. The predicted octanol–water partition coefficient (Wildman–Crippen LogP) is 8.72. The number of hydrogen-bond acceptors (Lipinski definition) is 6. The summed E-state index contributed by atoms with van der Waals surface area (Å²) in [5.74, 6) is 0. The number of aliphatic hydroxyl groups excluding tert-OH is 4. The van der Waals surface area contributed by atoms with Crippen LogP contribution in [-0.4, -0.2) is 57.9 Å². The minimum Gasteiger partial charge on any atom is -0.395 e. The fourth-order valence-corrected chi connectivity index (χ4v) is 5.41. The molecule has 4 atom stereocenters. The smallest absolute Gasteiger partial charge is 0.0713 e. The molecule has 0 aliphatic carbocycles. The Kier molecular flexibility index (Phi) is 44.2. The summed E-state index contributed by atoms with van der Waals surface area (Å²) in [6.45, 7) is 4.28. The lowest BCUT2D eigenvalue weighted by Gasteiger charge is -2.15. The van der Waals surface area contributed by atoms with Crippen molar-refractivity contribution >= 4 is 12.4 Å². The van der Waals surface area contributed by atoms with Crippen molar-refractivity contribution in [1.82, 2.24) is 0 Å². The molecule has 0 bridgehead atoms. The minimum atomic E-state index is -0.539. The van der Waals surface area contributed by atoms with Gasteiger partial charge in [-0.25, -0.2) is 0 Å². The summed E-state index contributed by atoms with van der Waals surface area (Å²) in [4.78, 5) is 0. The van der Waals surface area contributed by atoms with Crippen molar-refractivity contribution in [3.05, 3.63) is 0 Å². The summed E-state index contributed by atoms with van der Waals surface area (Å²) < 4.78 is 0. The monoisotopic (exact) mass is 639 g/mol. The molecular formula is C36H79ClN2O4. The lowest BCUT2D eigenvalue weighted by molar-refractivity contribution is 0.0986. The van der Waals surface area contributed by atoms with Crippen LogP contribution in [0.3, 0.4) is 0 Å². The van der Waals surface area contributed by atoms with Gasteiger partial charge in [0.2, 0.25) is 0 Å². The zero-order chi connectivity index (χ0) is 31.5. The van der Waals surface area contributed by atoms with E-state index in [4.69, 9.17) is 21.7 Å². The molecule has 0 rings (SSSR count). The number of rotatable bonds is 32. The van der Waals surface area contributed by atoms with Crippen LogP contribution in [0, 0.1) is 0 Å². The topological polar surface area (TPSA) is 133 Å². The van der Waals surface area contributed by atoms with Crippen LogP contribution in [0.1, 0.15) is 194 Å². The average Bonchev–Trinajstić information content (AvgIpc) is 3.00. The van der Waals surface area contributed by atoms with Gasteiger partial charge in [0.05, 0.1) is 37.5 Å². The summed E-state index contributed by atoms with van der Waals surface area (Å²) in [6, 6.07) is -0.940. The molecule has 6 nitrogen and oxygen atoms in total. The van der Waals surface area contributed by atoms with Crippen molar-refractivity contribution in [2.45, 2.75) is 218 Å². The van der Waals surface area contributed by atoms with Gasteiger partial charge in [0, 0.05) is 0 Å². The molecule has 264 valence electrons. The third kappa shape index (κ3) is 38.1. The van der Waals surface area contributed by atoms with Crippen molar-refractivity contribution in [3.63, 3.8) is 0 Å². The van der Waals surface area contributed by atoms with E-state index in [1.54, 1.807) is 0 Å². The highest BCUT2D eigenvalue weighted by Gasteiger charge is 2.13. The van der Waals surface area contributed by atoms with Gasteiger partial charge in [0.15, 0.2) is 0 Å². The van der Waals surface area contributed by atoms with Crippen LogP contribution in [0.5, 0.6) is 0 Å². The van der Waals surface area contributed by atoms with E-state index in [0.717, 1.165) is 25.7 Å².